The van der Waals surface area contributed by atoms with Crippen LogP contribution in [0, 0.1) is 5.82 Å². The van der Waals surface area contributed by atoms with Crippen molar-refractivity contribution in [2.75, 3.05) is 6.54 Å². The van der Waals surface area contributed by atoms with Crippen molar-refractivity contribution in [3.8, 4) is 0 Å². The molecule has 0 amide bonds. The van der Waals surface area contributed by atoms with Crippen LogP contribution in [0.5, 0.6) is 0 Å². The Labute approximate surface area is 124 Å². The quantitative estimate of drug-likeness (QED) is 0.830. The van der Waals surface area contributed by atoms with Crippen molar-refractivity contribution in [2.24, 2.45) is 0 Å². The molecule has 20 heavy (non-hydrogen) atoms. The highest BCUT2D eigenvalue weighted by molar-refractivity contribution is 6.31. The fourth-order valence-corrected chi connectivity index (χ4v) is 3.07. The topological polar surface area (TPSA) is 20.3 Å². The minimum absolute atomic E-state index is 0.215. The van der Waals surface area contributed by atoms with Gasteiger partial charge in [0.05, 0.1) is 0 Å². The van der Waals surface area contributed by atoms with E-state index in [2.05, 4.69) is 4.90 Å². The molecular formula is C16H21ClFNO. The first-order valence-corrected chi connectivity index (χ1v) is 7.61. The molecule has 4 heteroatoms. The Balaban J connectivity index is 2.14. The van der Waals surface area contributed by atoms with Crippen LogP contribution in [-0.2, 0) is 11.3 Å². The van der Waals surface area contributed by atoms with Gasteiger partial charge in [-0.2, -0.15) is 0 Å². The second-order valence-electron chi connectivity index (χ2n) is 5.62. The summed E-state index contributed by atoms with van der Waals surface area (Å²) in [6, 6.07) is 4.73. The van der Waals surface area contributed by atoms with Crippen molar-refractivity contribution < 1.29 is 9.18 Å². The van der Waals surface area contributed by atoms with Gasteiger partial charge >= 0.3 is 0 Å². The summed E-state index contributed by atoms with van der Waals surface area (Å²) >= 11 is 6.15. The molecule has 2 rings (SSSR count). The Kier molecular flexibility index (Phi) is 5.55. The van der Waals surface area contributed by atoms with E-state index in [-0.39, 0.29) is 17.6 Å². The lowest BCUT2D eigenvalue weighted by atomic mass is 10.0. The number of carbonyl (C=O) groups excluding carboxylic acids is 1. The van der Waals surface area contributed by atoms with Gasteiger partial charge in [0.25, 0.3) is 0 Å². The molecule has 0 aromatic heterocycles. The zero-order valence-corrected chi connectivity index (χ0v) is 12.6. The maximum absolute atomic E-state index is 13.4. The normalized spacial score (nSPS) is 20.6. The number of ketones is 1. The summed E-state index contributed by atoms with van der Waals surface area (Å²) in [6.07, 6.45) is 5.09. The van der Waals surface area contributed by atoms with Crippen molar-refractivity contribution in [2.45, 2.75) is 51.6 Å². The molecule has 1 unspecified atom stereocenters. The molecule has 0 saturated carbocycles. The third-order valence-electron chi connectivity index (χ3n) is 3.90. The lowest BCUT2D eigenvalue weighted by Crippen LogP contribution is -2.35. The first kappa shape index (κ1) is 15.5. The average molecular weight is 298 g/mol. The van der Waals surface area contributed by atoms with Crippen molar-refractivity contribution in [1.29, 1.82) is 0 Å². The molecule has 1 heterocycles. The Bertz CT molecular complexity index is 478. The fourth-order valence-electron chi connectivity index (χ4n) is 2.89. The van der Waals surface area contributed by atoms with E-state index in [4.69, 9.17) is 11.6 Å². The fraction of sp³-hybridized carbons (Fsp3) is 0.562. The Morgan fingerprint density at radius 2 is 2.20 bits per heavy atom. The molecular weight excluding hydrogens is 277 g/mol. The molecule has 0 aliphatic carbocycles. The first-order valence-electron chi connectivity index (χ1n) is 7.23. The Morgan fingerprint density at radius 1 is 1.40 bits per heavy atom. The summed E-state index contributed by atoms with van der Waals surface area (Å²) in [7, 11) is 0. The minimum atomic E-state index is -0.262. The SMILES string of the molecule is CC(=O)CC1CCCCCN1Cc1cc(F)ccc1Cl. The third-order valence-corrected chi connectivity index (χ3v) is 4.27. The predicted molar refractivity (Wildman–Crippen MR) is 79.4 cm³/mol. The second-order valence-corrected chi connectivity index (χ2v) is 6.02. The van der Waals surface area contributed by atoms with Crippen molar-refractivity contribution in [3.63, 3.8) is 0 Å². The smallest absolute Gasteiger partial charge is 0.131 e. The standard InChI is InChI=1S/C16H21ClFNO/c1-12(20)9-15-5-3-2-4-8-19(15)11-13-10-14(18)6-7-16(13)17/h6-7,10,15H,2-5,8-9,11H2,1H3. The lowest BCUT2D eigenvalue weighted by molar-refractivity contribution is -0.118. The number of nitrogens with zero attached hydrogens (tertiary/aromatic N) is 1. The van der Waals surface area contributed by atoms with Crippen LogP contribution in [-0.4, -0.2) is 23.3 Å². The second kappa shape index (κ2) is 7.19. The van der Waals surface area contributed by atoms with Gasteiger partial charge < -0.3 is 0 Å². The Hall–Kier alpha value is -0.930. The molecule has 2 nitrogen and oxygen atoms in total. The highest BCUT2D eigenvalue weighted by Crippen LogP contribution is 2.25. The van der Waals surface area contributed by atoms with Gasteiger partial charge in [0.2, 0.25) is 0 Å². The summed E-state index contributed by atoms with van der Waals surface area (Å²) in [5.41, 5.74) is 0.808. The molecule has 1 aromatic rings. The van der Waals surface area contributed by atoms with Gasteiger partial charge in [-0.1, -0.05) is 24.4 Å². The molecule has 1 atom stereocenters. The number of halogens is 2. The van der Waals surface area contributed by atoms with Crippen LogP contribution in [0.2, 0.25) is 5.02 Å². The molecule has 1 aliphatic heterocycles. The van der Waals surface area contributed by atoms with E-state index in [1.54, 1.807) is 13.0 Å². The van der Waals surface area contributed by atoms with Crippen LogP contribution in [0.15, 0.2) is 18.2 Å². The van der Waals surface area contributed by atoms with E-state index in [1.807, 2.05) is 0 Å². The van der Waals surface area contributed by atoms with Crippen LogP contribution >= 0.6 is 11.6 Å². The summed E-state index contributed by atoms with van der Waals surface area (Å²) in [6.45, 7) is 3.21. The predicted octanol–water partition coefficient (Wildman–Crippen LogP) is 4.20. The van der Waals surface area contributed by atoms with E-state index >= 15 is 0 Å². The first-order chi connectivity index (χ1) is 9.56. The largest absolute Gasteiger partial charge is 0.300 e. The molecule has 0 bridgehead atoms. The Morgan fingerprint density at radius 3 is 2.95 bits per heavy atom. The summed E-state index contributed by atoms with van der Waals surface area (Å²) in [4.78, 5) is 13.7. The molecule has 0 spiro atoms. The van der Waals surface area contributed by atoms with Crippen molar-refractivity contribution in [3.05, 3.63) is 34.6 Å². The molecule has 1 saturated heterocycles. The van der Waals surface area contributed by atoms with Crippen molar-refractivity contribution in [1.82, 2.24) is 4.90 Å². The highest BCUT2D eigenvalue weighted by Gasteiger charge is 2.23. The van der Waals surface area contributed by atoms with E-state index in [1.165, 1.54) is 18.6 Å². The number of carbonyl (C=O) groups is 1. The molecule has 0 N–H and O–H groups in total. The van der Waals surface area contributed by atoms with E-state index in [9.17, 15) is 9.18 Å². The number of hydrogen-bond acceptors (Lipinski definition) is 2. The highest BCUT2D eigenvalue weighted by atomic mass is 35.5. The summed E-state index contributed by atoms with van der Waals surface area (Å²) in [5.74, 6) is -0.0467. The molecule has 1 aliphatic rings. The number of benzene rings is 1. The van der Waals surface area contributed by atoms with Gasteiger partial charge in [-0.15, -0.1) is 0 Å². The molecule has 1 aromatic carbocycles. The van der Waals surface area contributed by atoms with Crippen LogP contribution in [0.3, 0.4) is 0 Å². The van der Waals surface area contributed by atoms with Crippen LogP contribution in [0.25, 0.3) is 0 Å². The van der Waals surface area contributed by atoms with Crippen LogP contribution < -0.4 is 0 Å². The van der Waals surface area contributed by atoms with Gasteiger partial charge in [0.1, 0.15) is 11.6 Å². The average Bonchev–Trinajstić information content (AvgIpc) is 2.59. The maximum Gasteiger partial charge on any atom is 0.131 e. The zero-order chi connectivity index (χ0) is 14.5. The third kappa shape index (κ3) is 4.29. The van der Waals surface area contributed by atoms with E-state index in [0.29, 0.717) is 18.0 Å². The van der Waals surface area contributed by atoms with Gasteiger partial charge in [0.15, 0.2) is 0 Å². The van der Waals surface area contributed by atoms with Gasteiger partial charge in [-0.05, 0) is 50.1 Å². The van der Waals surface area contributed by atoms with Crippen molar-refractivity contribution >= 4 is 17.4 Å². The molecule has 1 fully saturated rings. The molecule has 0 radical (unpaired) electrons. The number of rotatable bonds is 4. The minimum Gasteiger partial charge on any atom is -0.300 e. The molecule has 110 valence electrons. The monoisotopic (exact) mass is 297 g/mol. The van der Waals surface area contributed by atoms with Crippen LogP contribution in [0.1, 0.15) is 44.6 Å². The van der Waals surface area contributed by atoms with Gasteiger partial charge in [0, 0.05) is 24.0 Å². The van der Waals surface area contributed by atoms with E-state index < -0.39 is 0 Å². The lowest BCUT2D eigenvalue weighted by Gasteiger charge is -2.29. The van der Waals surface area contributed by atoms with Gasteiger partial charge in [-0.25, -0.2) is 4.39 Å². The van der Waals surface area contributed by atoms with E-state index in [0.717, 1.165) is 31.4 Å². The maximum atomic E-state index is 13.4. The zero-order valence-electron chi connectivity index (χ0n) is 11.9. The van der Waals surface area contributed by atoms with Gasteiger partial charge in [-0.3, -0.25) is 9.69 Å². The number of hydrogen-bond donors (Lipinski definition) is 0. The summed E-state index contributed by atoms with van der Waals surface area (Å²) < 4.78 is 13.4. The van der Waals surface area contributed by atoms with Crippen LogP contribution in [0.4, 0.5) is 4.39 Å². The summed E-state index contributed by atoms with van der Waals surface area (Å²) in [5, 5.41) is 0.595. The number of likely N-dealkylation sites (tertiary alicyclic amines) is 1. The number of Topliss-reactive ketones (excluding diaryl/α,β-unsaturated/α-hetero) is 1.